The summed E-state index contributed by atoms with van der Waals surface area (Å²) in [7, 11) is 0. The summed E-state index contributed by atoms with van der Waals surface area (Å²) in [6.45, 7) is 0. The van der Waals surface area contributed by atoms with Gasteiger partial charge in [0.2, 0.25) is 0 Å². The minimum Gasteiger partial charge on any atom is -0.310 e. The van der Waals surface area contributed by atoms with Crippen LogP contribution in [0.2, 0.25) is 0 Å². The van der Waals surface area contributed by atoms with Crippen molar-refractivity contribution in [2.24, 2.45) is 0 Å². The second-order valence-electron chi connectivity index (χ2n) is 16.1. The fraction of sp³-hybridized carbons (Fsp3) is 0. The van der Waals surface area contributed by atoms with Gasteiger partial charge in [-0.25, -0.2) is 0 Å². The van der Waals surface area contributed by atoms with Crippen molar-refractivity contribution >= 4 is 120 Å². The highest BCUT2D eigenvalue weighted by molar-refractivity contribution is 7.27. The standard InChI is InChI=1S/C58H37N3S/c1-6-18-38(19-7-1)59(39-20-8-2-9-21-39)43-32-34-45-51(36-43)61(42-26-14-5-15-27-42)57-49-30-16-29-48-53(49)54-47(55(45)57)28-17-31-50(54)58-56(48)46-35-33-44(37-52(46)62-58)60(40-22-10-3-11-23-40)41-24-12-4-13-25-41/h1-37H. The molecule has 0 aliphatic carbocycles. The van der Waals surface area contributed by atoms with Crippen molar-refractivity contribution in [3.8, 4) is 5.69 Å². The molecular formula is C58H37N3S. The molecule has 0 unspecified atom stereocenters. The number of para-hydroxylation sites is 5. The minimum absolute atomic E-state index is 1.11. The van der Waals surface area contributed by atoms with Gasteiger partial charge in [-0.2, -0.15) is 0 Å². The first-order chi connectivity index (χ1) is 30.8. The number of nitrogens with zero attached hydrogens (tertiary/aromatic N) is 3. The van der Waals surface area contributed by atoms with Gasteiger partial charge < -0.3 is 14.4 Å². The zero-order chi connectivity index (χ0) is 40.7. The summed E-state index contributed by atoms with van der Waals surface area (Å²) in [4.78, 5) is 4.72. The average molecular weight is 808 g/mol. The number of thiophene rings is 1. The van der Waals surface area contributed by atoms with Crippen LogP contribution in [-0.2, 0) is 0 Å². The Kier molecular flexibility index (Phi) is 7.78. The molecule has 13 aromatic rings. The third-order valence-electron chi connectivity index (χ3n) is 12.6. The Morgan fingerprint density at radius 2 is 0.758 bits per heavy atom. The summed E-state index contributed by atoms with van der Waals surface area (Å²) in [6.07, 6.45) is 0. The zero-order valence-electron chi connectivity index (χ0n) is 33.6. The number of hydrogen-bond donors (Lipinski definition) is 0. The van der Waals surface area contributed by atoms with Gasteiger partial charge in [0, 0.05) is 86.9 Å². The van der Waals surface area contributed by atoms with Crippen molar-refractivity contribution in [1.29, 1.82) is 0 Å². The van der Waals surface area contributed by atoms with Gasteiger partial charge in [0.05, 0.1) is 11.0 Å². The van der Waals surface area contributed by atoms with E-state index in [0.717, 1.165) is 39.8 Å². The molecule has 11 aromatic carbocycles. The molecule has 4 heteroatoms. The number of hydrogen-bond acceptors (Lipinski definition) is 3. The topological polar surface area (TPSA) is 11.4 Å². The Bertz CT molecular complexity index is 3710. The lowest BCUT2D eigenvalue weighted by Crippen LogP contribution is -2.09. The average Bonchev–Trinajstić information content (AvgIpc) is 3.90. The van der Waals surface area contributed by atoms with E-state index in [2.05, 4.69) is 239 Å². The van der Waals surface area contributed by atoms with Crippen molar-refractivity contribution in [2.75, 3.05) is 9.80 Å². The summed E-state index contributed by atoms with van der Waals surface area (Å²) in [5.74, 6) is 0. The highest BCUT2D eigenvalue weighted by Gasteiger charge is 2.25. The maximum Gasteiger partial charge on any atom is 0.0626 e. The van der Waals surface area contributed by atoms with Gasteiger partial charge in [-0.15, -0.1) is 11.3 Å². The molecule has 0 atom stereocenters. The predicted octanol–water partition coefficient (Wildman–Crippen LogP) is 17.0. The van der Waals surface area contributed by atoms with Crippen LogP contribution >= 0.6 is 11.3 Å². The monoisotopic (exact) mass is 807 g/mol. The zero-order valence-corrected chi connectivity index (χ0v) is 34.4. The first-order valence-corrected chi connectivity index (χ1v) is 22.0. The van der Waals surface area contributed by atoms with E-state index in [1.807, 2.05) is 11.3 Å². The van der Waals surface area contributed by atoms with Crippen molar-refractivity contribution in [3.05, 3.63) is 224 Å². The van der Waals surface area contributed by atoms with Crippen LogP contribution in [0.4, 0.5) is 34.1 Å². The smallest absolute Gasteiger partial charge is 0.0626 e. The number of benzene rings is 11. The van der Waals surface area contributed by atoms with Gasteiger partial charge in [-0.3, -0.25) is 0 Å². The van der Waals surface area contributed by atoms with E-state index in [4.69, 9.17) is 0 Å². The molecule has 0 N–H and O–H groups in total. The van der Waals surface area contributed by atoms with E-state index in [-0.39, 0.29) is 0 Å². The largest absolute Gasteiger partial charge is 0.310 e. The van der Waals surface area contributed by atoms with E-state index in [0.29, 0.717) is 0 Å². The lowest BCUT2D eigenvalue weighted by atomic mass is 9.89. The van der Waals surface area contributed by atoms with Crippen LogP contribution in [0, 0.1) is 0 Å². The maximum absolute atomic E-state index is 2.52. The van der Waals surface area contributed by atoms with Crippen molar-refractivity contribution in [1.82, 2.24) is 4.57 Å². The van der Waals surface area contributed by atoms with E-state index in [1.54, 1.807) is 0 Å². The van der Waals surface area contributed by atoms with Crippen LogP contribution < -0.4 is 9.80 Å². The van der Waals surface area contributed by atoms with E-state index < -0.39 is 0 Å². The van der Waals surface area contributed by atoms with Crippen LogP contribution in [0.1, 0.15) is 0 Å². The molecule has 13 rings (SSSR count). The molecule has 0 saturated carbocycles. The molecule has 0 radical (unpaired) electrons. The Labute approximate surface area is 362 Å². The van der Waals surface area contributed by atoms with Crippen LogP contribution in [0.25, 0.3) is 80.0 Å². The van der Waals surface area contributed by atoms with Crippen LogP contribution in [0.5, 0.6) is 0 Å². The summed E-state index contributed by atoms with van der Waals surface area (Å²) in [5, 5.41) is 13.0. The van der Waals surface area contributed by atoms with E-state index in [1.165, 1.54) is 74.3 Å². The van der Waals surface area contributed by atoms with Gasteiger partial charge in [0.25, 0.3) is 0 Å². The molecule has 0 aliphatic heterocycles. The molecule has 2 aromatic heterocycles. The molecule has 3 nitrogen and oxygen atoms in total. The highest BCUT2D eigenvalue weighted by atomic mass is 32.1. The molecule has 290 valence electrons. The fourth-order valence-electron chi connectivity index (χ4n) is 10.1. The molecule has 2 heterocycles. The molecule has 0 spiro atoms. The number of fused-ring (bicyclic) bond motifs is 10. The Morgan fingerprint density at radius 1 is 0.306 bits per heavy atom. The first-order valence-electron chi connectivity index (χ1n) is 21.2. The van der Waals surface area contributed by atoms with Gasteiger partial charge >= 0.3 is 0 Å². The lowest BCUT2D eigenvalue weighted by molar-refractivity contribution is 1.18. The molecule has 0 amide bonds. The van der Waals surface area contributed by atoms with Crippen molar-refractivity contribution < 1.29 is 0 Å². The summed E-state index contributed by atoms with van der Waals surface area (Å²) >= 11 is 1.92. The molecule has 0 saturated heterocycles. The Balaban J connectivity index is 1.12. The quantitative estimate of drug-likeness (QED) is 0.149. The molecule has 62 heavy (non-hydrogen) atoms. The predicted molar refractivity (Wildman–Crippen MR) is 267 cm³/mol. The molecule has 0 fully saturated rings. The minimum atomic E-state index is 1.11. The lowest BCUT2D eigenvalue weighted by Gasteiger charge is -2.25. The van der Waals surface area contributed by atoms with E-state index in [9.17, 15) is 0 Å². The van der Waals surface area contributed by atoms with Gasteiger partial charge in [0.15, 0.2) is 0 Å². The van der Waals surface area contributed by atoms with E-state index >= 15 is 0 Å². The number of aromatic nitrogens is 1. The summed E-state index contributed by atoms with van der Waals surface area (Å²) in [6, 6.07) is 81.7. The van der Waals surface area contributed by atoms with Gasteiger partial charge in [0.1, 0.15) is 0 Å². The summed E-state index contributed by atoms with van der Waals surface area (Å²) in [5.41, 5.74) is 10.3. The van der Waals surface area contributed by atoms with Crippen molar-refractivity contribution in [3.63, 3.8) is 0 Å². The second-order valence-corrected chi connectivity index (χ2v) is 17.1. The van der Waals surface area contributed by atoms with Crippen molar-refractivity contribution in [2.45, 2.75) is 0 Å². The van der Waals surface area contributed by atoms with Crippen LogP contribution in [-0.4, -0.2) is 4.57 Å². The molecular weight excluding hydrogens is 771 g/mol. The van der Waals surface area contributed by atoms with Gasteiger partial charge in [-0.1, -0.05) is 140 Å². The summed E-state index contributed by atoms with van der Waals surface area (Å²) < 4.78 is 5.13. The number of anilines is 6. The maximum atomic E-state index is 2.52. The first kappa shape index (κ1) is 34.9. The molecule has 0 bridgehead atoms. The van der Waals surface area contributed by atoms with Crippen LogP contribution in [0.3, 0.4) is 0 Å². The second kappa shape index (κ2) is 13.8. The highest BCUT2D eigenvalue weighted by Crippen LogP contribution is 2.52. The van der Waals surface area contributed by atoms with Crippen LogP contribution in [0.15, 0.2) is 224 Å². The van der Waals surface area contributed by atoms with Gasteiger partial charge in [-0.05, 0) is 101 Å². The third kappa shape index (κ3) is 5.17. The number of rotatable bonds is 7. The normalized spacial score (nSPS) is 11.9. The third-order valence-corrected chi connectivity index (χ3v) is 13.8. The Hall–Kier alpha value is -7.92. The SMILES string of the molecule is c1ccc(N(c2ccccc2)c2ccc3c(c2)sc2c4cccc5c4c4c(cccc4c4c5c5ccc(N(c6ccccc6)c6ccccc6)cc5n4-c4ccccc4)c32)cc1. The molecule has 0 aliphatic rings. The fourth-order valence-corrected chi connectivity index (χ4v) is 11.4. The Morgan fingerprint density at radius 3 is 1.32 bits per heavy atom.